The smallest absolute Gasteiger partial charge is 0.0870 e. The summed E-state index contributed by atoms with van der Waals surface area (Å²) in [4.78, 5) is 0. The highest BCUT2D eigenvalue weighted by Crippen LogP contribution is 2.52. The predicted octanol–water partition coefficient (Wildman–Crippen LogP) is 3.46. The van der Waals surface area contributed by atoms with Crippen LogP contribution < -0.4 is 0 Å². The zero-order valence-electron chi connectivity index (χ0n) is 18.3. The quantitative estimate of drug-likeness (QED) is 0.669. The maximum absolute atomic E-state index is 6.41. The molecule has 0 amide bonds. The van der Waals surface area contributed by atoms with Crippen molar-refractivity contribution >= 4 is 0 Å². The van der Waals surface area contributed by atoms with Crippen LogP contribution >= 0.6 is 0 Å². The Labute approximate surface area is 171 Å². The SMILES string of the molecule is CC(C)(C)C1(C2COCCOCCOCCOCCOCCO2)CCCCC1. The first kappa shape index (κ1) is 24.0. The third-order valence-corrected chi connectivity index (χ3v) is 6.16. The molecule has 0 radical (unpaired) electrons. The fourth-order valence-electron chi connectivity index (χ4n) is 4.42. The lowest BCUT2D eigenvalue weighted by molar-refractivity contribution is -0.152. The van der Waals surface area contributed by atoms with Gasteiger partial charge in [-0.3, -0.25) is 0 Å². The van der Waals surface area contributed by atoms with Gasteiger partial charge in [-0.2, -0.15) is 0 Å². The molecule has 166 valence electrons. The molecular weight excluding hydrogens is 360 g/mol. The summed E-state index contributed by atoms with van der Waals surface area (Å²) in [7, 11) is 0. The molecule has 1 unspecified atom stereocenters. The van der Waals surface area contributed by atoms with E-state index < -0.39 is 0 Å². The number of ether oxygens (including phenoxy) is 6. The first-order chi connectivity index (χ1) is 13.6. The lowest BCUT2D eigenvalue weighted by Crippen LogP contribution is -2.50. The molecule has 2 aliphatic rings. The van der Waals surface area contributed by atoms with E-state index >= 15 is 0 Å². The summed E-state index contributed by atoms with van der Waals surface area (Å²) < 4.78 is 34.7. The van der Waals surface area contributed by atoms with Gasteiger partial charge in [-0.25, -0.2) is 0 Å². The Kier molecular flexibility index (Phi) is 11.3. The van der Waals surface area contributed by atoms with Crippen LogP contribution in [0.15, 0.2) is 0 Å². The Hall–Kier alpha value is -0.240. The zero-order valence-corrected chi connectivity index (χ0v) is 18.3. The van der Waals surface area contributed by atoms with Gasteiger partial charge in [-0.15, -0.1) is 0 Å². The zero-order chi connectivity index (χ0) is 20.1. The second-order valence-electron chi connectivity index (χ2n) is 8.85. The van der Waals surface area contributed by atoms with Crippen LogP contribution in [0.5, 0.6) is 0 Å². The van der Waals surface area contributed by atoms with E-state index in [4.69, 9.17) is 28.4 Å². The Bertz CT molecular complexity index is 371. The molecule has 1 aliphatic heterocycles. The van der Waals surface area contributed by atoms with Crippen LogP contribution in [-0.2, 0) is 28.4 Å². The highest BCUT2D eigenvalue weighted by Gasteiger charge is 2.49. The molecule has 0 spiro atoms. The van der Waals surface area contributed by atoms with E-state index in [9.17, 15) is 0 Å². The van der Waals surface area contributed by atoms with Gasteiger partial charge in [-0.1, -0.05) is 40.0 Å². The molecule has 0 aromatic heterocycles. The van der Waals surface area contributed by atoms with Crippen molar-refractivity contribution in [2.24, 2.45) is 10.8 Å². The molecule has 0 aromatic carbocycles. The Balaban J connectivity index is 1.94. The molecule has 0 aromatic rings. The number of hydrogen-bond acceptors (Lipinski definition) is 6. The van der Waals surface area contributed by atoms with Crippen molar-refractivity contribution in [2.75, 3.05) is 72.7 Å². The minimum Gasteiger partial charge on any atom is -0.377 e. The summed E-state index contributed by atoms with van der Waals surface area (Å²) in [5.74, 6) is 0. The molecule has 6 heteroatoms. The van der Waals surface area contributed by atoms with Crippen LogP contribution in [0.4, 0.5) is 0 Å². The Morgan fingerprint density at radius 1 is 0.571 bits per heavy atom. The van der Waals surface area contributed by atoms with Gasteiger partial charge in [0.2, 0.25) is 0 Å². The molecule has 2 fully saturated rings. The summed E-state index contributed by atoms with van der Waals surface area (Å²) in [5.41, 5.74) is 0.310. The molecule has 2 rings (SSSR count). The maximum Gasteiger partial charge on any atom is 0.0870 e. The van der Waals surface area contributed by atoms with Gasteiger partial charge in [0.15, 0.2) is 0 Å². The van der Waals surface area contributed by atoms with E-state index in [0.717, 1.165) is 0 Å². The van der Waals surface area contributed by atoms with Gasteiger partial charge in [0.25, 0.3) is 0 Å². The van der Waals surface area contributed by atoms with Crippen molar-refractivity contribution in [3.8, 4) is 0 Å². The van der Waals surface area contributed by atoms with Crippen molar-refractivity contribution < 1.29 is 28.4 Å². The first-order valence-corrected chi connectivity index (χ1v) is 11.1. The summed E-state index contributed by atoms with van der Waals surface area (Å²) in [6.07, 6.45) is 6.35. The maximum atomic E-state index is 6.41. The third kappa shape index (κ3) is 7.88. The summed E-state index contributed by atoms with van der Waals surface area (Å²) in [5, 5.41) is 0. The van der Waals surface area contributed by atoms with Crippen LogP contribution in [-0.4, -0.2) is 78.8 Å². The lowest BCUT2D eigenvalue weighted by atomic mass is 9.56. The summed E-state index contributed by atoms with van der Waals surface area (Å²) in [6, 6.07) is 0. The monoisotopic (exact) mass is 402 g/mol. The van der Waals surface area contributed by atoms with E-state index in [1.807, 2.05) is 0 Å². The van der Waals surface area contributed by atoms with Crippen molar-refractivity contribution in [1.82, 2.24) is 0 Å². The van der Waals surface area contributed by atoms with Gasteiger partial charge >= 0.3 is 0 Å². The van der Waals surface area contributed by atoms with Gasteiger partial charge in [0.1, 0.15) is 0 Å². The standard InChI is InChI=1S/C22H42O6/c1-21(2,3)22(7-5-4-6-8-22)20-19-27-16-15-25-12-11-23-9-10-24-13-14-26-17-18-28-20/h20H,4-19H2,1-3H3. The highest BCUT2D eigenvalue weighted by molar-refractivity contribution is 4.98. The third-order valence-electron chi connectivity index (χ3n) is 6.16. The summed E-state index contributed by atoms with van der Waals surface area (Å²) >= 11 is 0. The van der Waals surface area contributed by atoms with E-state index in [1.54, 1.807) is 0 Å². The van der Waals surface area contributed by atoms with Gasteiger partial charge in [0, 0.05) is 5.41 Å². The average molecular weight is 403 g/mol. The molecule has 0 N–H and O–H groups in total. The fourth-order valence-corrected chi connectivity index (χ4v) is 4.42. The van der Waals surface area contributed by atoms with Crippen LogP contribution in [0.1, 0.15) is 52.9 Å². The average Bonchev–Trinajstić information content (AvgIpc) is 2.67. The molecular formula is C22H42O6. The molecule has 28 heavy (non-hydrogen) atoms. The topological polar surface area (TPSA) is 55.4 Å². The predicted molar refractivity (Wildman–Crippen MR) is 109 cm³/mol. The first-order valence-electron chi connectivity index (χ1n) is 11.1. The van der Waals surface area contributed by atoms with Crippen LogP contribution in [0, 0.1) is 10.8 Å². The molecule has 0 bridgehead atoms. The van der Waals surface area contributed by atoms with E-state index in [2.05, 4.69) is 20.8 Å². The van der Waals surface area contributed by atoms with Crippen molar-refractivity contribution in [2.45, 2.75) is 59.0 Å². The van der Waals surface area contributed by atoms with Crippen LogP contribution in [0.25, 0.3) is 0 Å². The van der Waals surface area contributed by atoms with E-state index in [1.165, 1.54) is 32.1 Å². The van der Waals surface area contributed by atoms with Crippen molar-refractivity contribution in [1.29, 1.82) is 0 Å². The number of hydrogen-bond donors (Lipinski definition) is 0. The van der Waals surface area contributed by atoms with Crippen molar-refractivity contribution in [3.63, 3.8) is 0 Å². The van der Waals surface area contributed by atoms with Gasteiger partial charge in [-0.05, 0) is 18.3 Å². The second-order valence-corrected chi connectivity index (χ2v) is 8.85. The summed E-state index contributed by atoms with van der Waals surface area (Å²) in [6.45, 7) is 13.5. The van der Waals surface area contributed by atoms with Crippen LogP contribution in [0.3, 0.4) is 0 Å². The Morgan fingerprint density at radius 3 is 1.46 bits per heavy atom. The number of rotatable bonds is 1. The highest BCUT2D eigenvalue weighted by atomic mass is 16.6. The molecule has 1 aliphatic carbocycles. The van der Waals surface area contributed by atoms with E-state index in [0.29, 0.717) is 72.7 Å². The molecule has 6 nitrogen and oxygen atoms in total. The van der Waals surface area contributed by atoms with Crippen LogP contribution in [0.2, 0.25) is 0 Å². The lowest BCUT2D eigenvalue weighted by Gasteiger charge is -2.52. The second kappa shape index (κ2) is 13.1. The van der Waals surface area contributed by atoms with Crippen molar-refractivity contribution in [3.05, 3.63) is 0 Å². The van der Waals surface area contributed by atoms with E-state index in [-0.39, 0.29) is 16.9 Å². The Morgan fingerprint density at radius 2 is 1.00 bits per heavy atom. The molecule has 1 atom stereocenters. The van der Waals surface area contributed by atoms with Gasteiger partial charge < -0.3 is 28.4 Å². The largest absolute Gasteiger partial charge is 0.377 e. The minimum absolute atomic E-state index is 0.0786. The minimum atomic E-state index is 0.0786. The molecule has 1 saturated carbocycles. The normalized spacial score (nSPS) is 28.2. The molecule has 1 heterocycles. The van der Waals surface area contributed by atoms with Gasteiger partial charge in [0.05, 0.1) is 78.8 Å². The fraction of sp³-hybridized carbons (Fsp3) is 1.00. The molecule has 1 saturated heterocycles.